The van der Waals surface area contributed by atoms with Crippen LogP contribution in [0.1, 0.15) is 24.8 Å². The van der Waals surface area contributed by atoms with Crippen LogP contribution < -0.4 is 5.32 Å². The highest BCUT2D eigenvalue weighted by Crippen LogP contribution is 2.17. The molecule has 0 bridgehead atoms. The van der Waals surface area contributed by atoms with E-state index in [-0.39, 0.29) is 17.5 Å². The second-order valence-electron chi connectivity index (χ2n) is 7.48. The maximum atomic E-state index is 12.3. The molecule has 2 heterocycles. The summed E-state index contributed by atoms with van der Waals surface area (Å²) < 4.78 is 23.1. The Kier molecular flexibility index (Phi) is 6.16. The van der Waals surface area contributed by atoms with E-state index in [9.17, 15) is 18.0 Å². The van der Waals surface area contributed by atoms with E-state index in [1.54, 1.807) is 0 Å². The van der Waals surface area contributed by atoms with Crippen LogP contribution in [0.3, 0.4) is 0 Å². The fourth-order valence-corrected chi connectivity index (χ4v) is 5.51. The SMILES string of the molecule is CN(C(=O)C(=O)NC1CCN(Cc2ccccc2)CC1)C1CCS(=O)(=O)C1. The number of likely N-dealkylation sites (N-methyl/N-ethyl adjacent to an activating group) is 1. The topological polar surface area (TPSA) is 86.8 Å². The third kappa shape index (κ3) is 5.29. The second-order valence-corrected chi connectivity index (χ2v) is 9.71. The van der Waals surface area contributed by atoms with E-state index in [2.05, 4.69) is 22.3 Å². The Morgan fingerprint density at radius 2 is 1.81 bits per heavy atom. The molecule has 1 aromatic carbocycles. The molecule has 0 aliphatic carbocycles. The van der Waals surface area contributed by atoms with E-state index in [4.69, 9.17) is 0 Å². The lowest BCUT2D eigenvalue weighted by Gasteiger charge is -2.32. The van der Waals surface area contributed by atoms with E-state index in [1.807, 2.05) is 18.2 Å². The molecule has 1 N–H and O–H groups in total. The van der Waals surface area contributed by atoms with Crippen molar-refractivity contribution in [3.05, 3.63) is 35.9 Å². The van der Waals surface area contributed by atoms with Gasteiger partial charge in [0.1, 0.15) is 0 Å². The lowest BCUT2D eigenvalue weighted by Crippen LogP contribution is -2.51. The number of nitrogens with one attached hydrogen (secondary N) is 1. The van der Waals surface area contributed by atoms with Crippen molar-refractivity contribution in [3.63, 3.8) is 0 Å². The van der Waals surface area contributed by atoms with Crippen LogP contribution >= 0.6 is 0 Å². The van der Waals surface area contributed by atoms with Gasteiger partial charge in [-0.2, -0.15) is 0 Å². The Hall–Kier alpha value is -1.93. The number of hydrogen-bond donors (Lipinski definition) is 1. The van der Waals surface area contributed by atoms with Gasteiger partial charge in [-0.25, -0.2) is 8.42 Å². The van der Waals surface area contributed by atoms with Crippen LogP contribution in [0.5, 0.6) is 0 Å². The molecule has 2 aliphatic heterocycles. The molecule has 7 nitrogen and oxygen atoms in total. The zero-order valence-corrected chi connectivity index (χ0v) is 16.5. The Labute approximate surface area is 160 Å². The highest BCUT2D eigenvalue weighted by molar-refractivity contribution is 7.91. The summed E-state index contributed by atoms with van der Waals surface area (Å²) in [5.74, 6) is -1.26. The van der Waals surface area contributed by atoms with Crippen molar-refractivity contribution in [2.75, 3.05) is 31.6 Å². The number of hydrogen-bond acceptors (Lipinski definition) is 5. The van der Waals surface area contributed by atoms with E-state index in [1.165, 1.54) is 17.5 Å². The Balaban J connectivity index is 1.44. The van der Waals surface area contributed by atoms with Gasteiger partial charge in [0, 0.05) is 38.8 Å². The second kappa shape index (κ2) is 8.39. The molecule has 8 heteroatoms. The predicted molar refractivity (Wildman–Crippen MR) is 103 cm³/mol. The first-order valence-corrected chi connectivity index (χ1v) is 11.2. The zero-order chi connectivity index (χ0) is 19.4. The lowest BCUT2D eigenvalue weighted by molar-refractivity contribution is -0.146. The molecule has 1 unspecified atom stereocenters. The van der Waals surface area contributed by atoms with Gasteiger partial charge in [0.05, 0.1) is 11.5 Å². The van der Waals surface area contributed by atoms with Crippen LogP contribution in [0, 0.1) is 0 Å². The van der Waals surface area contributed by atoms with Gasteiger partial charge in [0.15, 0.2) is 9.84 Å². The summed E-state index contributed by atoms with van der Waals surface area (Å²) in [6.45, 7) is 2.62. The number of carbonyl (C=O) groups excluding carboxylic acids is 2. The van der Waals surface area contributed by atoms with E-state index in [0.717, 1.165) is 32.5 Å². The smallest absolute Gasteiger partial charge is 0.311 e. The first kappa shape index (κ1) is 19.8. The summed E-state index contributed by atoms with van der Waals surface area (Å²) in [6, 6.07) is 9.84. The first-order valence-electron chi connectivity index (χ1n) is 9.38. The zero-order valence-electron chi connectivity index (χ0n) is 15.6. The first-order chi connectivity index (χ1) is 12.8. The highest BCUT2D eigenvalue weighted by atomic mass is 32.2. The van der Waals surface area contributed by atoms with Gasteiger partial charge in [-0.15, -0.1) is 0 Å². The molecule has 0 radical (unpaired) electrons. The molecule has 1 aromatic rings. The molecular formula is C19H27N3O4S. The van der Waals surface area contributed by atoms with E-state index >= 15 is 0 Å². The monoisotopic (exact) mass is 393 g/mol. The van der Waals surface area contributed by atoms with Crippen molar-refractivity contribution in [2.24, 2.45) is 0 Å². The normalized spacial score (nSPS) is 23.1. The fourth-order valence-electron chi connectivity index (χ4n) is 3.73. The van der Waals surface area contributed by atoms with Gasteiger partial charge in [0.2, 0.25) is 0 Å². The Bertz CT molecular complexity index is 773. The number of sulfone groups is 1. The minimum atomic E-state index is -3.09. The summed E-state index contributed by atoms with van der Waals surface area (Å²) in [7, 11) is -1.58. The molecule has 27 heavy (non-hydrogen) atoms. The lowest BCUT2D eigenvalue weighted by atomic mass is 10.0. The highest BCUT2D eigenvalue weighted by Gasteiger charge is 2.35. The maximum absolute atomic E-state index is 12.3. The van der Waals surface area contributed by atoms with E-state index < -0.39 is 27.7 Å². The molecule has 2 fully saturated rings. The van der Waals surface area contributed by atoms with Crippen LogP contribution in [0.25, 0.3) is 0 Å². The summed E-state index contributed by atoms with van der Waals surface area (Å²) in [4.78, 5) is 28.2. The number of carbonyl (C=O) groups is 2. The third-order valence-electron chi connectivity index (χ3n) is 5.44. The summed E-state index contributed by atoms with van der Waals surface area (Å²) in [6.07, 6.45) is 2.00. The molecule has 2 aliphatic rings. The predicted octanol–water partition coefficient (Wildman–Crippen LogP) is 0.413. The van der Waals surface area contributed by atoms with Crippen molar-refractivity contribution < 1.29 is 18.0 Å². The molecule has 2 saturated heterocycles. The standard InChI is InChI=1S/C19H27N3O4S/c1-21(17-9-12-27(25,26)14-17)19(24)18(23)20-16-7-10-22(11-8-16)13-15-5-3-2-4-6-15/h2-6,16-17H,7-14H2,1H3,(H,20,23). The third-order valence-corrected chi connectivity index (χ3v) is 7.19. The van der Waals surface area contributed by atoms with Crippen molar-refractivity contribution in [1.82, 2.24) is 15.1 Å². The van der Waals surface area contributed by atoms with Crippen LogP contribution in [0.2, 0.25) is 0 Å². The largest absolute Gasteiger partial charge is 0.345 e. The van der Waals surface area contributed by atoms with Crippen LogP contribution in [-0.4, -0.2) is 73.8 Å². The molecule has 3 rings (SSSR count). The molecule has 148 valence electrons. The van der Waals surface area contributed by atoms with Crippen molar-refractivity contribution >= 4 is 21.7 Å². The van der Waals surface area contributed by atoms with Crippen molar-refractivity contribution in [3.8, 4) is 0 Å². The quantitative estimate of drug-likeness (QED) is 0.749. The summed E-state index contributed by atoms with van der Waals surface area (Å²) in [5, 5.41) is 2.82. The van der Waals surface area contributed by atoms with Crippen LogP contribution in [0.4, 0.5) is 0 Å². The van der Waals surface area contributed by atoms with Crippen molar-refractivity contribution in [2.45, 2.75) is 37.9 Å². The average molecular weight is 394 g/mol. The number of likely N-dealkylation sites (tertiary alicyclic amines) is 1. The Morgan fingerprint density at radius 1 is 1.15 bits per heavy atom. The van der Waals surface area contributed by atoms with Gasteiger partial charge < -0.3 is 10.2 Å². The number of benzene rings is 1. The van der Waals surface area contributed by atoms with Crippen LogP contribution in [-0.2, 0) is 26.0 Å². The Morgan fingerprint density at radius 3 is 2.41 bits per heavy atom. The van der Waals surface area contributed by atoms with E-state index in [0.29, 0.717) is 6.42 Å². The van der Waals surface area contributed by atoms with Crippen LogP contribution in [0.15, 0.2) is 30.3 Å². The fraction of sp³-hybridized carbons (Fsp3) is 0.579. The molecule has 2 amide bonds. The summed E-state index contributed by atoms with van der Waals surface area (Å²) in [5.41, 5.74) is 1.27. The molecule has 0 aromatic heterocycles. The van der Waals surface area contributed by atoms with Gasteiger partial charge >= 0.3 is 11.8 Å². The minimum absolute atomic E-state index is 0.0193. The van der Waals surface area contributed by atoms with Gasteiger partial charge in [-0.1, -0.05) is 30.3 Å². The number of piperidine rings is 1. The van der Waals surface area contributed by atoms with Gasteiger partial charge in [-0.05, 0) is 24.8 Å². The molecule has 1 atom stereocenters. The molecular weight excluding hydrogens is 366 g/mol. The maximum Gasteiger partial charge on any atom is 0.311 e. The number of amides is 2. The summed E-state index contributed by atoms with van der Waals surface area (Å²) >= 11 is 0. The van der Waals surface area contributed by atoms with Gasteiger partial charge in [0.25, 0.3) is 0 Å². The number of rotatable bonds is 4. The van der Waals surface area contributed by atoms with Gasteiger partial charge in [-0.3, -0.25) is 14.5 Å². The average Bonchev–Trinajstić information content (AvgIpc) is 3.02. The minimum Gasteiger partial charge on any atom is -0.345 e. The molecule has 0 saturated carbocycles. The van der Waals surface area contributed by atoms with Crippen molar-refractivity contribution in [1.29, 1.82) is 0 Å². The number of nitrogens with zero attached hydrogens (tertiary/aromatic N) is 2. The molecule has 0 spiro atoms.